The van der Waals surface area contributed by atoms with Gasteiger partial charge in [0.2, 0.25) is 0 Å². The molecule has 2 atom stereocenters. The smallest absolute Gasteiger partial charge is 0.147 e. The van der Waals surface area contributed by atoms with Crippen LogP contribution in [0.5, 0.6) is 23.0 Å². The molecule has 61 heavy (non-hydrogen) atoms. The molecule has 1 fully saturated rings. The van der Waals surface area contributed by atoms with E-state index in [2.05, 4.69) is 108 Å². The minimum atomic E-state index is -0.239. The van der Waals surface area contributed by atoms with Gasteiger partial charge in [-0.25, -0.2) is 0 Å². The number of nitrogens with zero attached hydrogens (tertiary/aromatic N) is 2. The van der Waals surface area contributed by atoms with Crippen LogP contribution in [0.4, 0.5) is 0 Å². The molecule has 1 aliphatic carbocycles. The minimum absolute atomic E-state index is 0.194. The molecule has 0 spiro atoms. The van der Waals surface area contributed by atoms with E-state index in [0.717, 1.165) is 96.5 Å². The summed E-state index contributed by atoms with van der Waals surface area (Å²) in [6, 6.07) is 57.5. The molecular weight excluding hydrogens is 753 g/mol. The quantitative estimate of drug-likeness (QED) is 0.161. The van der Waals surface area contributed by atoms with E-state index in [1.807, 2.05) is 84.9 Å². The SMILES string of the molecule is Cc1cc(-c2ccccc2O[C@H]2CCC[C@@H]2Oc2ccccc2-c2cc(C)cc(-n3c4ccccc4c4ccccc43)c2O)c(O)c(-n2c3ccccc3c3ccccc32)c1. The summed E-state index contributed by atoms with van der Waals surface area (Å²) in [4.78, 5) is 0. The van der Waals surface area contributed by atoms with Crippen LogP contribution in [-0.2, 0) is 0 Å². The van der Waals surface area contributed by atoms with E-state index in [9.17, 15) is 10.2 Å². The Morgan fingerprint density at radius 3 is 1.11 bits per heavy atom. The highest BCUT2D eigenvalue weighted by atomic mass is 16.5. The van der Waals surface area contributed by atoms with Gasteiger partial charge < -0.3 is 28.8 Å². The molecule has 1 saturated carbocycles. The van der Waals surface area contributed by atoms with Gasteiger partial charge in [-0.1, -0.05) is 109 Å². The Balaban J connectivity index is 0.939. The van der Waals surface area contributed by atoms with Gasteiger partial charge in [0.05, 0.1) is 33.4 Å². The van der Waals surface area contributed by atoms with Gasteiger partial charge in [-0.2, -0.15) is 0 Å². The van der Waals surface area contributed by atoms with Crippen LogP contribution >= 0.6 is 0 Å². The van der Waals surface area contributed by atoms with E-state index in [4.69, 9.17) is 9.47 Å². The summed E-state index contributed by atoms with van der Waals surface area (Å²) in [6.45, 7) is 4.14. The van der Waals surface area contributed by atoms with Gasteiger partial charge in [0, 0.05) is 43.8 Å². The topological polar surface area (TPSA) is 68.8 Å². The molecule has 10 aromatic rings. The van der Waals surface area contributed by atoms with Crippen molar-refractivity contribution in [1.29, 1.82) is 0 Å². The number of hydrogen-bond donors (Lipinski definition) is 2. The second-order valence-electron chi connectivity index (χ2n) is 16.3. The summed E-state index contributed by atoms with van der Waals surface area (Å²) in [5.74, 6) is 1.77. The monoisotopic (exact) mass is 796 g/mol. The highest BCUT2D eigenvalue weighted by Gasteiger charge is 2.33. The molecule has 0 aliphatic heterocycles. The van der Waals surface area contributed by atoms with Gasteiger partial charge >= 0.3 is 0 Å². The molecule has 0 amide bonds. The van der Waals surface area contributed by atoms with Crippen molar-refractivity contribution in [2.75, 3.05) is 0 Å². The van der Waals surface area contributed by atoms with Gasteiger partial charge in [0.25, 0.3) is 0 Å². The Hall–Kier alpha value is -7.44. The lowest BCUT2D eigenvalue weighted by Crippen LogP contribution is -2.31. The average Bonchev–Trinajstić information content (AvgIpc) is 3.97. The Kier molecular flexibility index (Phi) is 8.81. The summed E-state index contributed by atoms with van der Waals surface area (Å²) in [5.41, 5.74) is 10.7. The molecule has 0 bridgehead atoms. The van der Waals surface area contributed by atoms with E-state index in [1.165, 1.54) is 0 Å². The van der Waals surface area contributed by atoms with E-state index in [0.29, 0.717) is 22.6 Å². The Labute approximate surface area is 354 Å². The zero-order chi connectivity index (χ0) is 41.2. The van der Waals surface area contributed by atoms with Gasteiger partial charge in [0.1, 0.15) is 35.2 Å². The van der Waals surface area contributed by atoms with Crippen molar-refractivity contribution >= 4 is 43.6 Å². The fourth-order valence-corrected chi connectivity index (χ4v) is 9.71. The lowest BCUT2D eigenvalue weighted by molar-refractivity contribution is 0.0787. The van der Waals surface area contributed by atoms with Crippen molar-refractivity contribution in [3.05, 3.63) is 181 Å². The van der Waals surface area contributed by atoms with E-state index < -0.39 is 0 Å². The van der Waals surface area contributed by atoms with Crippen molar-refractivity contribution in [2.45, 2.75) is 45.3 Å². The molecule has 2 N–H and O–H groups in total. The summed E-state index contributed by atoms with van der Waals surface area (Å²) in [7, 11) is 0. The number of benzene rings is 8. The first-order valence-corrected chi connectivity index (χ1v) is 21.1. The van der Waals surface area contributed by atoms with Crippen molar-refractivity contribution in [3.8, 4) is 56.6 Å². The van der Waals surface area contributed by atoms with Gasteiger partial charge in [0.15, 0.2) is 0 Å². The summed E-state index contributed by atoms with van der Waals surface area (Å²) in [6.07, 6.45) is 2.11. The number of rotatable bonds is 8. The molecule has 6 nitrogen and oxygen atoms in total. The number of aromatic nitrogens is 2. The third-order valence-electron chi connectivity index (χ3n) is 12.4. The number of aryl methyl sites for hydroxylation is 2. The highest BCUT2D eigenvalue weighted by molar-refractivity contribution is 6.10. The Morgan fingerprint density at radius 2 is 0.738 bits per heavy atom. The van der Waals surface area contributed by atoms with Crippen LogP contribution in [0.2, 0.25) is 0 Å². The standard InChI is InChI=1S/C55H44N2O4/c1-34-30-42(54(58)48(32-34)56-44-22-9-3-16-36(44)37-17-4-10-23-45(37)56)40-20-7-13-26-50(40)60-52-28-15-29-53(52)61-51-27-14-8-21-41(51)43-31-35(2)33-49(55(43)59)57-46-24-11-5-18-38(46)39-19-6-12-25-47(39)57/h3-14,16-27,30-33,52-53,58-59H,15,28-29H2,1-2H3/t52-,53-/m0/s1. The second kappa shape index (κ2) is 14.7. The fraction of sp³-hybridized carbons (Fsp3) is 0.127. The normalized spacial score (nSPS) is 15.3. The molecule has 0 radical (unpaired) electrons. The Morgan fingerprint density at radius 1 is 0.410 bits per heavy atom. The van der Waals surface area contributed by atoms with Gasteiger partial charge in [-0.3, -0.25) is 0 Å². The number of fused-ring (bicyclic) bond motifs is 6. The highest BCUT2D eigenvalue weighted by Crippen LogP contribution is 2.46. The van der Waals surface area contributed by atoms with Crippen LogP contribution in [0.3, 0.4) is 0 Å². The summed E-state index contributed by atoms with van der Waals surface area (Å²) < 4.78 is 18.2. The van der Waals surface area contributed by atoms with E-state index >= 15 is 0 Å². The lowest BCUT2D eigenvalue weighted by Gasteiger charge is -2.25. The molecule has 6 heteroatoms. The van der Waals surface area contributed by atoms with Crippen LogP contribution in [0, 0.1) is 13.8 Å². The molecule has 2 heterocycles. The number of ether oxygens (including phenoxy) is 2. The number of phenolic OH excluding ortho intramolecular Hbond substituents is 2. The van der Waals surface area contributed by atoms with Crippen molar-refractivity contribution < 1.29 is 19.7 Å². The minimum Gasteiger partial charge on any atom is -0.505 e. The molecule has 8 aromatic carbocycles. The molecular formula is C55H44N2O4. The third kappa shape index (κ3) is 6.09. The second-order valence-corrected chi connectivity index (χ2v) is 16.3. The van der Waals surface area contributed by atoms with E-state index in [-0.39, 0.29) is 23.7 Å². The van der Waals surface area contributed by atoms with Crippen molar-refractivity contribution in [1.82, 2.24) is 9.13 Å². The third-order valence-corrected chi connectivity index (χ3v) is 12.4. The van der Waals surface area contributed by atoms with Crippen LogP contribution in [-0.4, -0.2) is 31.6 Å². The predicted octanol–water partition coefficient (Wildman–Crippen LogP) is 13.6. The van der Waals surface area contributed by atoms with Crippen molar-refractivity contribution in [2.24, 2.45) is 0 Å². The molecule has 0 saturated heterocycles. The Bertz CT molecular complexity index is 2990. The fourth-order valence-electron chi connectivity index (χ4n) is 9.71. The molecule has 0 unspecified atom stereocenters. The first-order chi connectivity index (χ1) is 29.9. The van der Waals surface area contributed by atoms with Crippen LogP contribution in [0.1, 0.15) is 30.4 Å². The molecule has 2 aromatic heterocycles. The van der Waals surface area contributed by atoms with Crippen molar-refractivity contribution in [3.63, 3.8) is 0 Å². The largest absolute Gasteiger partial charge is 0.505 e. The van der Waals surface area contributed by atoms with E-state index in [1.54, 1.807) is 0 Å². The molecule has 1 aliphatic rings. The number of para-hydroxylation sites is 6. The van der Waals surface area contributed by atoms with Crippen LogP contribution < -0.4 is 9.47 Å². The molecule has 298 valence electrons. The zero-order valence-electron chi connectivity index (χ0n) is 34.0. The number of aromatic hydroxyl groups is 2. The average molecular weight is 797 g/mol. The summed E-state index contributed by atoms with van der Waals surface area (Å²) in [5, 5.41) is 29.0. The number of hydrogen-bond acceptors (Lipinski definition) is 4. The predicted molar refractivity (Wildman–Crippen MR) is 248 cm³/mol. The molecule has 11 rings (SSSR count). The first-order valence-electron chi connectivity index (χ1n) is 21.1. The van der Waals surface area contributed by atoms with Gasteiger partial charge in [-0.15, -0.1) is 0 Å². The maximum atomic E-state index is 12.2. The van der Waals surface area contributed by atoms with Gasteiger partial charge in [-0.05, 0) is 105 Å². The number of phenols is 2. The summed E-state index contributed by atoms with van der Waals surface area (Å²) >= 11 is 0. The maximum absolute atomic E-state index is 12.2. The zero-order valence-corrected chi connectivity index (χ0v) is 34.0. The van der Waals surface area contributed by atoms with Crippen LogP contribution in [0.25, 0.3) is 77.2 Å². The van der Waals surface area contributed by atoms with Crippen LogP contribution in [0.15, 0.2) is 170 Å². The first kappa shape index (κ1) is 36.6. The maximum Gasteiger partial charge on any atom is 0.147 e. The lowest BCUT2D eigenvalue weighted by atomic mass is 9.99.